The van der Waals surface area contributed by atoms with Gasteiger partial charge in [-0.1, -0.05) is 113 Å². The van der Waals surface area contributed by atoms with Crippen LogP contribution in [0, 0.1) is 0 Å². The Morgan fingerprint density at radius 2 is 1.16 bits per heavy atom. The normalized spacial score (nSPS) is 11.5. The van der Waals surface area contributed by atoms with Crippen LogP contribution in [0.4, 0.5) is 0 Å². The van der Waals surface area contributed by atoms with Crippen LogP contribution >= 0.6 is 0 Å². The van der Waals surface area contributed by atoms with Crippen molar-refractivity contribution in [1.82, 2.24) is 0 Å². The van der Waals surface area contributed by atoms with Gasteiger partial charge in [-0.25, -0.2) is 0 Å². The molecule has 166 valence electrons. The van der Waals surface area contributed by atoms with Gasteiger partial charge in [-0.05, 0) is 56.3 Å². The molecule has 1 N–H and O–H groups in total. The number of carboxylic acids is 1. The summed E-state index contributed by atoms with van der Waals surface area (Å²) in [6.45, 7) is 2.26. The number of unbranched alkanes of at least 4 members (excludes halogenated alkanes) is 7. The van der Waals surface area contributed by atoms with Gasteiger partial charge in [0.15, 0.2) is 0 Å². The zero-order valence-electron chi connectivity index (χ0n) is 19.2. The van der Waals surface area contributed by atoms with Crippen LogP contribution in [0.1, 0.15) is 69.4 Å². The summed E-state index contributed by atoms with van der Waals surface area (Å²) in [4.78, 5) is 11.6. The largest absolute Gasteiger partial charge is 0.481 e. The maximum Gasteiger partial charge on any atom is 0.307 e. The second-order valence-corrected chi connectivity index (χ2v) is 9.01. The second-order valence-electron chi connectivity index (χ2n) is 9.01. The first kappa shape index (κ1) is 22.3. The smallest absolute Gasteiger partial charge is 0.307 e. The number of hydrogen-bond acceptors (Lipinski definition) is 1. The van der Waals surface area contributed by atoms with Crippen molar-refractivity contribution in [1.29, 1.82) is 0 Å². The van der Waals surface area contributed by atoms with Crippen LogP contribution in [0.25, 0.3) is 32.3 Å². The fourth-order valence-electron chi connectivity index (χ4n) is 5.16. The van der Waals surface area contributed by atoms with Gasteiger partial charge in [0.1, 0.15) is 0 Å². The number of aryl methyl sites for hydroxylation is 1. The molecular formula is C30H34O2. The van der Waals surface area contributed by atoms with Crippen molar-refractivity contribution in [2.75, 3.05) is 0 Å². The lowest BCUT2D eigenvalue weighted by Gasteiger charge is -2.17. The van der Waals surface area contributed by atoms with Crippen LogP contribution in [-0.2, 0) is 17.6 Å². The van der Waals surface area contributed by atoms with Crippen molar-refractivity contribution in [3.05, 3.63) is 71.8 Å². The van der Waals surface area contributed by atoms with E-state index < -0.39 is 5.97 Å². The summed E-state index contributed by atoms with van der Waals surface area (Å²) in [6, 6.07) is 21.4. The SMILES string of the molecule is CCCCCCCCCCc1c(CC(=O)O)ccc2c3ccccc3c3ccccc3c12. The van der Waals surface area contributed by atoms with Gasteiger partial charge in [-0.3, -0.25) is 4.79 Å². The topological polar surface area (TPSA) is 37.3 Å². The number of carboxylic acid groups (broad SMARTS) is 1. The van der Waals surface area contributed by atoms with Crippen LogP contribution in [0.2, 0.25) is 0 Å². The van der Waals surface area contributed by atoms with Crippen molar-refractivity contribution < 1.29 is 9.90 Å². The highest BCUT2D eigenvalue weighted by atomic mass is 16.4. The number of rotatable bonds is 11. The maximum absolute atomic E-state index is 11.6. The number of benzene rings is 4. The van der Waals surface area contributed by atoms with Crippen molar-refractivity contribution in [3.8, 4) is 0 Å². The van der Waals surface area contributed by atoms with Crippen molar-refractivity contribution >= 4 is 38.3 Å². The van der Waals surface area contributed by atoms with E-state index in [2.05, 4.69) is 67.6 Å². The molecule has 0 amide bonds. The zero-order valence-corrected chi connectivity index (χ0v) is 19.2. The molecule has 0 aliphatic carbocycles. The van der Waals surface area contributed by atoms with E-state index in [1.165, 1.54) is 82.8 Å². The third kappa shape index (κ3) is 4.80. The van der Waals surface area contributed by atoms with Gasteiger partial charge in [-0.2, -0.15) is 0 Å². The second kappa shape index (κ2) is 10.6. The number of fused-ring (bicyclic) bond motifs is 6. The quantitative estimate of drug-likeness (QED) is 0.193. The molecule has 0 unspecified atom stereocenters. The molecule has 4 aromatic rings. The Balaban J connectivity index is 1.73. The van der Waals surface area contributed by atoms with E-state index >= 15 is 0 Å². The molecule has 0 aliphatic rings. The van der Waals surface area contributed by atoms with E-state index in [4.69, 9.17) is 0 Å². The molecule has 2 heteroatoms. The number of hydrogen-bond donors (Lipinski definition) is 1. The van der Waals surface area contributed by atoms with Gasteiger partial charge in [0.25, 0.3) is 0 Å². The Morgan fingerprint density at radius 1 is 0.656 bits per heavy atom. The predicted octanol–water partition coefficient (Wildman–Crippen LogP) is 8.46. The first-order valence-corrected chi connectivity index (χ1v) is 12.3. The summed E-state index contributed by atoms with van der Waals surface area (Å²) >= 11 is 0. The minimum Gasteiger partial charge on any atom is -0.481 e. The van der Waals surface area contributed by atoms with Crippen molar-refractivity contribution in [2.45, 2.75) is 71.1 Å². The fourth-order valence-corrected chi connectivity index (χ4v) is 5.16. The van der Waals surface area contributed by atoms with Crippen molar-refractivity contribution in [2.24, 2.45) is 0 Å². The van der Waals surface area contributed by atoms with Crippen LogP contribution < -0.4 is 0 Å². The standard InChI is InChI=1S/C30H34O2/c1-2-3-4-5-6-7-8-9-14-23-22(21-29(31)32)19-20-28-26-17-11-10-15-24(26)25-16-12-13-18-27(25)30(23)28/h10-13,15-20H,2-9,14,21H2,1H3,(H,31,32). The van der Waals surface area contributed by atoms with Gasteiger partial charge in [0, 0.05) is 0 Å². The van der Waals surface area contributed by atoms with Crippen LogP contribution in [0.3, 0.4) is 0 Å². The molecular weight excluding hydrogens is 392 g/mol. The molecule has 0 saturated heterocycles. The van der Waals surface area contributed by atoms with E-state index in [1.807, 2.05) is 0 Å². The summed E-state index contributed by atoms with van der Waals surface area (Å²) < 4.78 is 0. The first-order chi connectivity index (χ1) is 15.7. The summed E-state index contributed by atoms with van der Waals surface area (Å²) in [7, 11) is 0. The third-order valence-corrected chi connectivity index (χ3v) is 6.74. The van der Waals surface area contributed by atoms with E-state index in [0.717, 1.165) is 18.4 Å². The molecule has 32 heavy (non-hydrogen) atoms. The van der Waals surface area contributed by atoms with E-state index in [0.29, 0.717) is 0 Å². The van der Waals surface area contributed by atoms with Crippen LogP contribution in [0.15, 0.2) is 60.7 Å². The summed E-state index contributed by atoms with van der Waals surface area (Å²) in [5.41, 5.74) is 2.20. The molecule has 4 aromatic carbocycles. The minimum absolute atomic E-state index is 0.0868. The molecule has 0 heterocycles. The highest BCUT2D eigenvalue weighted by Crippen LogP contribution is 2.38. The molecule has 0 fully saturated rings. The average Bonchev–Trinajstić information content (AvgIpc) is 2.81. The molecule has 0 aromatic heterocycles. The average molecular weight is 427 g/mol. The summed E-state index contributed by atoms with van der Waals surface area (Å²) in [5, 5.41) is 17.1. The van der Waals surface area contributed by atoms with Crippen molar-refractivity contribution in [3.63, 3.8) is 0 Å². The highest BCUT2D eigenvalue weighted by Gasteiger charge is 2.16. The minimum atomic E-state index is -0.758. The van der Waals surface area contributed by atoms with Gasteiger partial charge >= 0.3 is 5.97 Å². The molecule has 0 aliphatic heterocycles. The molecule has 0 saturated carbocycles. The number of carbonyl (C=O) groups is 1. The monoisotopic (exact) mass is 426 g/mol. The summed E-state index contributed by atoms with van der Waals surface area (Å²) in [6.07, 6.45) is 11.2. The lowest BCUT2D eigenvalue weighted by atomic mass is 9.87. The number of aliphatic carboxylic acids is 1. The Labute approximate surface area is 191 Å². The fraction of sp³-hybridized carbons (Fsp3) is 0.367. The van der Waals surface area contributed by atoms with Crippen LogP contribution in [0.5, 0.6) is 0 Å². The lowest BCUT2D eigenvalue weighted by molar-refractivity contribution is -0.136. The Bertz CT molecular complexity index is 1190. The maximum atomic E-state index is 11.6. The Morgan fingerprint density at radius 3 is 1.75 bits per heavy atom. The molecule has 4 rings (SSSR count). The lowest BCUT2D eigenvalue weighted by Crippen LogP contribution is -2.05. The zero-order chi connectivity index (χ0) is 22.3. The molecule has 0 bridgehead atoms. The molecule has 0 spiro atoms. The van der Waals surface area contributed by atoms with Gasteiger partial charge in [0.05, 0.1) is 6.42 Å². The molecule has 0 radical (unpaired) electrons. The van der Waals surface area contributed by atoms with E-state index in [1.54, 1.807) is 0 Å². The van der Waals surface area contributed by atoms with Gasteiger partial charge in [0.2, 0.25) is 0 Å². The van der Waals surface area contributed by atoms with E-state index in [-0.39, 0.29) is 6.42 Å². The highest BCUT2D eigenvalue weighted by molar-refractivity contribution is 6.26. The Hall–Kier alpha value is -2.87. The van der Waals surface area contributed by atoms with Crippen LogP contribution in [-0.4, -0.2) is 11.1 Å². The van der Waals surface area contributed by atoms with Gasteiger partial charge < -0.3 is 5.11 Å². The predicted molar refractivity (Wildman–Crippen MR) is 137 cm³/mol. The Kier molecular flexibility index (Phi) is 7.42. The van der Waals surface area contributed by atoms with Gasteiger partial charge in [-0.15, -0.1) is 0 Å². The summed E-state index contributed by atoms with van der Waals surface area (Å²) in [5.74, 6) is -0.758. The third-order valence-electron chi connectivity index (χ3n) is 6.74. The molecule has 2 nitrogen and oxygen atoms in total. The first-order valence-electron chi connectivity index (χ1n) is 12.3. The molecule has 0 atom stereocenters. The van der Waals surface area contributed by atoms with E-state index in [9.17, 15) is 9.90 Å².